The molecular weight excluding hydrogens is 352 g/mol. The molecule has 7 nitrogen and oxygen atoms in total. The van der Waals surface area contributed by atoms with E-state index in [4.69, 9.17) is 9.47 Å². The lowest BCUT2D eigenvalue weighted by Gasteiger charge is -2.17. The Balaban J connectivity index is 1.45. The number of aromatic nitrogens is 3. The number of amides is 1. The van der Waals surface area contributed by atoms with Crippen LogP contribution < -0.4 is 14.8 Å². The van der Waals surface area contributed by atoms with Crippen molar-refractivity contribution in [2.45, 2.75) is 0 Å². The van der Waals surface area contributed by atoms with Gasteiger partial charge in [-0.15, -0.1) is 0 Å². The minimum Gasteiger partial charge on any atom is -0.486 e. The predicted molar refractivity (Wildman–Crippen MR) is 98.1 cm³/mol. The van der Waals surface area contributed by atoms with E-state index in [1.54, 1.807) is 0 Å². The fraction of sp³-hybridized carbons (Fsp3) is 0.111. The molecule has 0 aliphatic carbocycles. The number of rotatable bonds is 2. The van der Waals surface area contributed by atoms with Gasteiger partial charge in [0.25, 0.3) is 5.91 Å². The van der Waals surface area contributed by atoms with Gasteiger partial charge in [-0.2, -0.15) is 0 Å². The van der Waals surface area contributed by atoms with Crippen LogP contribution in [0.1, 0.15) is 10.5 Å². The van der Waals surface area contributed by atoms with Crippen LogP contribution in [0.4, 0.5) is 5.13 Å². The van der Waals surface area contributed by atoms with Crippen molar-refractivity contribution in [2.24, 2.45) is 0 Å². The Hall–Kier alpha value is -3.26. The van der Waals surface area contributed by atoms with Gasteiger partial charge in [0.05, 0.1) is 27.4 Å². The quantitative estimate of drug-likeness (QED) is 0.587. The average molecular weight is 364 g/mol. The van der Waals surface area contributed by atoms with Gasteiger partial charge >= 0.3 is 0 Å². The Morgan fingerprint density at radius 1 is 1.00 bits per heavy atom. The summed E-state index contributed by atoms with van der Waals surface area (Å²) >= 11 is 1.37. The molecule has 4 aromatic rings. The summed E-state index contributed by atoms with van der Waals surface area (Å²) in [5.41, 5.74) is 2.41. The number of hydrogen-bond acceptors (Lipinski definition) is 7. The summed E-state index contributed by atoms with van der Waals surface area (Å²) in [6.07, 6.45) is 1.46. The molecule has 2 aromatic heterocycles. The van der Waals surface area contributed by atoms with Crippen molar-refractivity contribution in [1.29, 1.82) is 0 Å². The van der Waals surface area contributed by atoms with E-state index in [0.29, 0.717) is 35.4 Å². The maximum absolute atomic E-state index is 12.5. The third kappa shape index (κ3) is 2.60. The van der Waals surface area contributed by atoms with Gasteiger partial charge in [-0.25, -0.2) is 9.97 Å². The van der Waals surface area contributed by atoms with Gasteiger partial charge in [-0.3, -0.25) is 15.1 Å². The van der Waals surface area contributed by atoms with E-state index in [9.17, 15) is 4.79 Å². The minimum absolute atomic E-state index is 0.244. The highest BCUT2D eigenvalue weighted by Gasteiger charge is 2.17. The van der Waals surface area contributed by atoms with Crippen molar-refractivity contribution in [3.8, 4) is 11.5 Å². The van der Waals surface area contributed by atoms with Crippen LogP contribution in [0.25, 0.3) is 21.3 Å². The summed E-state index contributed by atoms with van der Waals surface area (Å²) in [7, 11) is 0. The zero-order valence-corrected chi connectivity index (χ0v) is 14.2. The van der Waals surface area contributed by atoms with E-state index in [0.717, 1.165) is 15.7 Å². The lowest BCUT2D eigenvalue weighted by atomic mass is 10.3. The predicted octanol–water partition coefficient (Wildman–Crippen LogP) is 3.26. The second-order valence-corrected chi connectivity index (χ2v) is 6.71. The normalized spacial score (nSPS) is 13.1. The second kappa shape index (κ2) is 5.92. The van der Waals surface area contributed by atoms with Gasteiger partial charge in [-0.1, -0.05) is 23.5 Å². The number of para-hydroxylation sites is 2. The van der Waals surface area contributed by atoms with Crippen LogP contribution in [-0.4, -0.2) is 34.1 Å². The summed E-state index contributed by atoms with van der Waals surface area (Å²) in [5.74, 6) is 1.03. The molecule has 0 saturated carbocycles. The van der Waals surface area contributed by atoms with E-state index in [2.05, 4.69) is 20.3 Å². The number of nitrogens with one attached hydrogen (secondary N) is 1. The van der Waals surface area contributed by atoms with Crippen LogP contribution >= 0.6 is 11.3 Å². The van der Waals surface area contributed by atoms with E-state index >= 15 is 0 Å². The standard InChI is InChI=1S/C18H12N4O3S/c23-17(13-9-19-10-3-1-2-4-11(10)20-13)22-18-21-12-7-14-15(8-16(12)26-18)25-6-5-24-14/h1-4,7-9H,5-6H2,(H,21,22,23). The first-order valence-corrected chi connectivity index (χ1v) is 8.81. The van der Waals surface area contributed by atoms with Gasteiger partial charge < -0.3 is 9.47 Å². The molecule has 1 amide bonds. The van der Waals surface area contributed by atoms with E-state index in [1.165, 1.54) is 17.5 Å². The van der Waals surface area contributed by atoms with Crippen molar-refractivity contribution in [3.05, 3.63) is 48.3 Å². The molecule has 26 heavy (non-hydrogen) atoms. The number of carbonyl (C=O) groups is 1. The van der Waals surface area contributed by atoms with Crippen molar-refractivity contribution in [1.82, 2.24) is 15.0 Å². The Labute approximate surface area is 151 Å². The number of benzene rings is 2. The number of carbonyl (C=O) groups excluding carboxylic acids is 1. The van der Waals surface area contributed by atoms with Gasteiger partial charge in [0, 0.05) is 12.1 Å². The van der Waals surface area contributed by atoms with Crippen LogP contribution in [0.5, 0.6) is 11.5 Å². The highest BCUT2D eigenvalue weighted by atomic mass is 32.1. The molecule has 0 unspecified atom stereocenters. The molecule has 1 aliphatic heterocycles. The number of nitrogens with zero attached hydrogens (tertiary/aromatic N) is 3. The molecule has 128 valence electrons. The topological polar surface area (TPSA) is 86.2 Å². The van der Waals surface area contributed by atoms with E-state index in [1.807, 2.05) is 36.4 Å². The molecule has 0 radical (unpaired) electrons. The molecular formula is C18H12N4O3S. The van der Waals surface area contributed by atoms with Gasteiger partial charge in [0.2, 0.25) is 0 Å². The van der Waals surface area contributed by atoms with Gasteiger partial charge in [-0.05, 0) is 12.1 Å². The van der Waals surface area contributed by atoms with Crippen molar-refractivity contribution in [3.63, 3.8) is 0 Å². The summed E-state index contributed by atoms with van der Waals surface area (Å²) in [5, 5.41) is 3.28. The first-order chi connectivity index (χ1) is 12.8. The van der Waals surface area contributed by atoms with E-state index in [-0.39, 0.29) is 11.6 Å². The smallest absolute Gasteiger partial charge is 0.277 e. The zero-order chi connectivity index (χ0) is 17.5. The molecule has 8 heteroatoms. The third-order valence-corrected chi connectivity index (χ3v) is 4.89. The molecule has 0 fully saturated rings. The minimum atomic E-state index is -0.348. The number of ether oxygens (including phenoxy) is 2. The molecule has 0 bridgehead atoms. The maximum Gasteiger partial charge on any atom is 0.277 e. The number of thiazole rings is 1. The number of fused-ring (bicyclic) bond motifs is 3. The third-order valence-electron chi connectivity index (χ3n) is 3.95. The molecule has 0 atom stereocenters. The maximum atomic E-state index is 12.5. The second-order valence-electron chi connectivity index (χ2n) is 5.68. The SMILES string of the molecule is O=C(Nc1nc2cc3c(cc2s1)OCCO3)c1cnc2ccccc2n1. The fourth-order valence-electron chi connectivity index (χ4n) is 2.75. The van der Waals surface area contributed by atoms with Crippen LogP contribution in [0.3, 0.4) is 0 Å². The molecule has 0 spiro atoms. The average Bonchev–Trinajstić information content (AvgIpc) is 3.06. The number of anilines is 1. The molecule has 2 aromatic carbocycles. The highest BCUT2D eigenvalue weighted by Crippen LogP contribution is 2.37. The van der Waals surface area contributed by atoms with Crippen LogP contribution in [-0.2, 0) is 0 Å². The monoisotopic (exact) mass is 364 g/mol. The summed E-state index contributed by atoms with van der Waals surface area (Å²) in [6.45, 7) is 1.05. The molecule has 1 aliphatic rings. The number of hydrogen-bond donors (Lipinski definition) is 1. The van der Waals surface area contributed by atoms with E-state index < -0.39 is 0 Å². The Kier molecular flexibility index (Phi) is 3.42. The first kappa shape index (κ1) is 15.0. The lowest BCUT2D eigenvalue weighted by molar-refractivity contribution is 0.102. The Morgan fingerprint density at radius 3 is 2.62 bits per heavy atom. The van der Waals surface area contributed by atoms with Crippen LogP contribution in [0.15, 0.2) is 42.6 Å². The first-order valence-electron chi connectivity index (χ1n) is 7.99. The van der Waals surface area contributed by atoms with Crippen molar-refractivity contribution in [2.75, 3.05) is 18.5 Å². The highest BCUT2D eigenvalue weighted by molar-refractivity contribution is 7.22. The van der Waals surface area contributed by atoms with Crippen molar-refractivity contribution >= 4 is 43.6 Å². The Bertz CT molecular complexity index is 1110. The lowest BCUT2D eigenvalue weighted by Crippen LogP contribution is -2.15. The van der Waals surface area contributed by atoms with Crippen LogP contribution in [0, 0.1) is 0 Å². The molecule has 5 rings (SSSR count). The van der Waals surface area contributed by atoms with Gasteiger partial charge in [0.15, 0.2) is 16.6 Å². The fourth-order valence-corrected chi connectivity index (χ4v) is 3.62. The molecule has 1 N–H and O–H groups in total. The van der Waals surface area contributed by atoms with Crippen LogP contribution in [0.2, 0.25) is 0 Å². The summed E-state index contributed by atoms with van der Waals surface area (Å²) in [4.78, 5) is 25.6. The summed E-state index contributed by atoms with van der Waals surface area (Å²) in [6, 6.07) is 11.1. The largest absolute Gasteiger partial charge is 0.486 e. The molecule has 3 heterocycles. The zero-order valence-electron chi connectivity index (χ0n) is 13.4. The van der Waals surface area contributed by atoms with Gasteiger partial charge in [0.1, 0.15) is 18.9 Å². The summed E-state index contributed by atoms with van der Waals surface area (Å²) < 4.78 is 12.1. The molecule has 0 saturated heterocycles. The Morgan fingerprint density at radius 2 is 1.77 bits per heavy atom. The van der Waals surface area contributed by atoms with Crippen molar-refractivity contribution < 1.29 is 14.3 Å².